The highest BCUT2D eigenvalue weighted by Gasteiger charge is 2.32. The maximum Gasteiger partial charge on any atom is 0.335 e. The number of aromatic hydroxyl groups is 1. The number of rotatable bonds is 4. The van der Waals surface area contributed by atoms with E-state index in [9.17, 15) is 14.7 Å². The predicted molar refractivity (Wildman–Crippen MR) is 117 cm³/mol. The molecule has 28 heavy (non-hydrogen) atoms. The minimum absolute atomic E-state index is 0.0433. The Balaban J connectivity index is 1.95. The molecule has 3 rings (SSSR count). The van der Waals surface area contributed by atoms with Crippen LogP contribution in [0.4, 0.5) is 5.69 Å². The van der Waals surface area contributed by atoms with Gasteiger partial charge in [-0.3, -0.25) is 9.69 Å². The highest BCUT2D eigenvalue weighted by molar-refractivity contribution is 9.11. The Morgan fingerprint density at radius 1 is 1.25 bits per heavy atom. The van der Waals surface area contributed by atoms with Gasteiger partial charge in [-0.15, -0.1) is 0 Å². The number of hydrogen-bond acceptors (Lipinski definition) is 5. The fourth-order valence-electron chi connectivity index (χ4n) is 2.50. The Labute approximate surface area is 182 Å². The second-order valence-corrected chi connectivity index (χ2v) is 8.51. The summed E-state index contributed by atoms with van der Waals surface area (Å²) in [6.45, 7) is 2.28. The molecule has 0 aromatic heterocycles. The third-order valence-corrected chi connectivity index (χ3v) is 5.96. The lowest BCUT2D eigenvalue weighted by molar-refractivity contribution is -0.122. The van der Waals surface area contributed by atoms with Crippen molar-refractivity contribution in [3.8, 4) is 5.75 Å². The number of carbonyl (C=O) groups excluding carboxylic acids is 1. The van der Waals surface area contributed by atoms with Crippen molar-refractivity contribution in [1.29, 1.82) is 0 Å². The van der Waals surface area contributed by atoms with Crippen molar-refractivity contribution < 1.29 is 19.8 Å². The number of carbonyl (C=O) groups is 2. The standard InChI is InChI=1S/C19H14Br2N2O4S/c1-2-23-17(25)15(8-11-7-12(20)9-14(21)16(11)24)28-19(23)22-13-5-3-10(4-6-13)18(26)27/h3-9,24H,2H2,1H3,(H,26,27). The van der Waals surface area contributed by atoms with Crippen LogP contribution in [-0.4, -0.2) is 38.7 Å². The number of carboxylic acids is 1. The number of phenols is 1. The fraction of sp³-hybridized carbons (Fsp3) is 0.105. The molecule has 0 saturated carbocycles. The molecule has 0 aliphatic carbocycles. The van der Waals surface area contributed by atoms with E-state index < -0.39 is 5.97 Å². The van der Waals surface area contributed by atoms with Gasteiger partial charge in [0.05, 0.1) is 20.6 Å². The maximum absolute atomic E-state index is 12.7. The summed E-state index contributed by atoms with van der Waals surface area (Å²) in [5.41, 5.74) is 1.22. The summed E-state index contributed by atoms with van der Waals surface area (Å²) in [6, 6.07) is 9.55. The normalized spacial score (nSPS) is 17.0. The van der Waals surface area contributed by atoms with E-state index in [-0.39, 0.29) is 17.2 Å². The zero-order valence-corrected chi connectivity index (χ0v) is 18.5. The van der Waals surface area contributed by atoms with Gasteiger partial charge >= 0.3 is 5.97 Å². The highest BCUT2D eigenvalue weighted by Crippen LogP contribution is 2.38. The Kier molecular flexibility index (Phi) is 6.26. The van der Waals surface area contributed by atoms with Crippen LogP contribution in [0.3, 0.4) is 0 Å². The van der Waals surface area contributed by atoms with Gasteiger partial charge in [0.25, 0.3) is 5.91 Å². The number of phenolic OH excluding ortho intramolecular Hbond substituents is 1. The Morgan fingerprint density at radius 3 is 2.54 bits per heavy atom. The molecular weight excluding hydrogens is 512 g/mol. The molecule has 2 aromatic rings. The van der Waals surface area contributed by atoms with Gasteiger partial charge < -0.3 is 10.2 Å². The van der Waals surface area contributed by atoms with Crippen LogP contribution in [-0.2, 0) is 4.79 Å². The number of carboxylic acid groups (broad SMARTS) is 1. The molecule has 6 nitrogen and oxygen atoms in total. The Hall–Kier alpha value is -2.10. The lowest BCUT2D eigenvalue weighted by Gasteiger charge is -2.12. The molecule has 9 heteroatoms. The summed E-state index contributed by atoms with van der Waals surface area (Å²) >= 11 is 7.85. The van der Waals surface area contributed by atoms with E-state index in [1.807, 2.05) is 6.92 Å². The number of benzene rings is 2. The molecule has 0 spiro atoms. The minimum Gasteiger partial charge on any atom is -0.506 e. The number of likely N-dealkylation sites (N-methyl/N-ethyl adjacent to an activating group) is 1. The molecule has 2 aromatic carbocycles. The van der Waals surface area contributed by atoms with Gasteiger partial charge in [0.15, 0.2) is 5.17 Å². The SMILES string of the molecule is CCN1C(=O)C(=Cc2cc(Br)cc(Br)c2O)SC1=Nc1ccc(C(=O)O)cc1. The van der Waals surface area contributed by atoms with E-state index in [2.05, 4.69) is 36.9 Å². The first-order valence-corrected chi connectivity index (χ1v) is 10.5. The highest BCUT2D eigenvalue weighted by atomic mass is 79.9. The molecule has 144 valence electrons. The number of amidine groups is 1. The summed E-state index contributed by atoms with van der Waals surface area (Å²) in [5.74, 6) is -1.17. The van der Waals surface area contributed by atoms with Crippen LogP contribution in [0.2, 0.25) is 0 Å². The number of aliphatic imine (C=N–C) groups is 1. The van der Waals surface area contributed by atoms with Crippen LogP contribution in [0.5, 0.6) is 5.75 Å². The molecule has 0 unspecified atom stereocenters. The number of thioether (sulfide) groups is 1. The molecule has 0 radical (unpaired) electrons. The maximum atomic E-state index is 12.7. The van der Waals surface area contributed by atoms with Crippen molar-refractivity contribution in [1.82, 2.24) is 4.90 Å². The van der Waals surface area contributed by atoms with Crippen molar-refractivity contribution in [2.45, 2.75) is 6.92 Å². The lowest BCUT2D eigenvalue weighted by Crippen LogP contribution is -2.28. The largest absolute Gasteiger partial charge is 0.506 e. The summed E-state index contributed by atoms with van der Waals surface area (Å²) in [6.07, 6.45) is 1.62. The van der Waals surface area contributed by atoms with Crippen molar-refractivity contribution >= 4 is 72.4 Å². The minimum atomic E-state index is -1.01. The van der Waals surface area contributed by atoms with Gasteiger partial charge in [0, 0.05) is 16.6 Å². The van der Waals surface area contributed by atoms with Gasteiger partial charge in [-0.1, -0.05) is 15.9 Å². The molecule has 1 saturated heterocycles. The molecule has 1 aliphatic rings. The van der Waals surface area contributed by atoms with Crippen LogP contribution >= 0.6 is 43.6 Å². The monoisotopic (exact) mass is 524 g/mol. The predicted octanol–water partition coefficient (Wildman–Crippen LogP) is 5.24. The zero-order chi connectivity index (χ0) is 20.4. The van der Waals surface area contributed by atoms with E-state index in [0.29, 0.717) is 32.3 Å². The van der Waals surface area contributed by atoms with E-state index in [4.69, 9.17) is 5.11 Å². The molecule has 1 heterocycles. The summed E-state index contributed by atoms with van der Waals surface area (Å²) in [5, 5.41) is 19.7. The van der Waals surface area contributed by atoms with E-state index in [1.165, 1.54) is 28.8 Å². The van der Waals surface area contributed by atoms with Crippen molar-refractivity contribution in [3.05, 3.63) is 61.4 Å². The first-order valence-electron chi connectivity index (χ1n) is 8.11. The van der Waals surface area contributed by atoms with Crippen LogP contribution in [0, 0.1) is 0 Å². The van der Waals surface area contributed by atoms with E-state index in [0.717, 1.165) is 4.47 Å². The molecule has 0 bridgehead atoms. The first-order chi connectivity index (χ1) is 13.3. The van der Waals surface area contributed by atoms with Crippen LogP contribution < -0.4 is 0 Å². The third kappa shape index (κ3) is 4.31. The number of hydrogen-bond donors (Lipinski definition) is 2. The number of amides is 1. The molecule has 1 fully saturated rings. The summed E-state index contributed by atoms with van der Waals surface area (Å²) < 4.78 is 1.28. The van der Waals surface area contributed by atoms with Crippen molar-refractivity contribution in [3.63, 3.8) is 0 Å². The summed E-state index contributed by atoms with van der Waals surface area (Å²) in [7, 11) is 0. The molecular formula is C19H14Br2N2O4S. The van der Waals surface area contributed by atoms with Crippen LogP contribution in [0.15, 0.2) is 55.2 Å². The number of nitrogens with zero attached hydrogens (tertiary/aromatic N) is 2. The second kappa shape index (κ2) is 8.50. The van der Waals surface area contributed by atoms with Crippen LogP contribution in [0.25, 0.3) is 6.08 Å². The van der Waals surface area contributed by atoms with Crippen LogP contribution in [0.1, 0.15) is 22.8 Å². The second-order valence-electron chi connectivity index (χ2n) is 5.73. The molecule has 1 amide bonds. The fourth-order valence-corrected chi connectivity index (χ4v) is 4.81. The topological polar surface area (TPSA) is 90.2 Å². The average Bonchev–Trinajstić information content (AvgIpc) is 2.94. The van der Waals surface area contributed by atoms with E-state index >= 15 is 0 Å². The smallest absolute Gasteiger partial charge is 0.335 e. The van der Waals surface area contributed by atoms with Gasteiger partial charge in [0.2, 0.25) is 0 Å². The first kappa shape index (κ1) is 20.6. The van der Waals surface area contributed by atoms with E-state index in [1.54, 1.807) is 30.3 Å². The zero-order valence-electron chi connectivity index (χ0n) is 14.5. The number of halogens is 2. The molecule has 1 aliphatic heterocycles. The third-order valence-electron chi connectivity index (χ3n) is 3.89. The van der Waals surface area contributed by atoms with Gasteiger partial charge in [-0.05, 0) is 77.1 Å². The summed E-state index contributed by atoms with van der Waals surface area (Å²) in [4.78, 5) is 30.1. The lowest BCUT2D eigenvalue weighted by atomic mass is 10.2. The van der Waals surface area contributed by atoms with Gasteiger partial charge in [0.1, 0.15) is 5.75 Å². The Morgan fingerprint density at radius 2 is 1.93 bits per heavy atom. The van der Waals surface area contributed by atoms with Gasteiger partial charge in [-0.25, -0.2) is 9.79 Å². The molecule has 2 N–H and O–H groups in total. The van der Waals surface area contributed by atoms with Gasteiger partial charge in [-0.2, -0.15) is 0 Å². The van der Waals surface area contributed by atoms with Crippen molar-refractivity contribution in [2.75, 3.05) is 6.54 Å². The Bertz CT molecular complexity index is 1020. The number of aromatic carboxylic acids is 1. The quantitative estimate of drug-likeness (QED) is 0.533. The molecule has 0 atom stereocenters. The average molecular weight is 526 g/mol. The van der Waals surface area contributed by atoms with Crippen molar-refractivity contribution in [2.24, 2.45) is 4.99 Å².